The number of benzene rings is 2. The van der Waals surface area contributed by atoms with E-state index in [-0.39, 0.29) is 4.90 Å². The van der Waals surface area contributed by atoms with Crippen molar-refractivity contribution in [1.82, 2.24) is 4.90 Å². The second-order valence-corrected chi connectivity index (χ2v) is 10.8. The summed E-state index contributed by atoms with van der Waals surface area (Å²) in [5, 5.41) is 15.9. The zero-order valence-electron chi connectivity index (χ0n) is 18.8. The largest absolute Gasteiger partial charge is 0.388 e. The van der Waals surface area contributed by atoms with Crippen LogP contribution in [0.1, 0.15) is 42.9 Å². The molecule has 1 unspecified atom stereocenters. The monoisotopic (exact) mass is 477 g/mol. The minimum atomic E-state index is -3.81. The lowest BCUT2D eigenvalue weighted by molar-refractivity contribution is 0.162. The van der Waals surface area contributed by atoms with E-state index < -0.39 is 16.1 Å². The lowest BCUT2D eigenvalue weighted by Crippen LogP contribution is -2.46. The first-order valence-electron chi connectivity index (χ1n) is 11.2. The number of hydrogen-bond acceptors (Lipinski definition) is 6. The smallest absolute Gasteiger partial charge is 0.238 e. The van der Waals surface area contributed by atoms with Crippen molar-refractivity contribution < 1.29 is 13.5 Å². The van der Waals surface area contributed by atoms with Crippen molar-refractivity contribution in [2.45, 2.75) is 42.4 Å². The summed E-state index contributed by atoms with van der Waals surface area (Å²) >= 11 is 1.54. The van der Waals surface area contributed by atoms with Crippen LogP contribution in [-0.2, 0) is 15.8 Å². The SMILES string of the molecule is CSCc1ccc(C(O)CCCCCN2CCN(c3ccccc3)CC2)cc1S(N)(=O)=O. The molecule has 32 heavy (non-hydrogen) atoms. The van der Waals surface area contributed by atoms with Crippen molar-refractivity contribution in [3.8, 4) is 0 Å². The number of unbranched alkanes of at least 4 members (excludes halogenated alkanes) is 2. The zero-order valence-corrected chi connectivity index (χ0v) is 20.5. The fraction of sp³-hybridized carbons (Fsp3) is 0.500. The summed E-state index contributed by atoms with van der Waals surface area (Å²) in [6.07, 6.45) is 4.92. The van der Waals surface area contributed by atoms with Gasteiger partial charge in [0.05, 0.1) is 11.0 Å². The summed E-state index contributed by atoms with van der Waals surface area (Å²) in [6, 6.07) is 15.7. The van der Waals surface area contributed by atoms with Gasteiger partial charge in [-0.1, -0.05) is 43.2 Å². The van der Waals surface area contributed by atoms with Crippen molar-refractivity contribution in [1.29, 1.82) is 0 Å². The topological polar surface area (TPSA) is 86.9 Å². The van der Waals surface area contributed by atoms with E-state index in [1.807, 2.05) is 12.3 Å². The van der Waals surface area contributed by atoms with Gasteiger partial charge in [0.2, 0.25) is 10.0 Å². The number of thioether (sulfide) groups is 1. The Hall–Kier alpha value is -1.58. The Labute approximate surface area is 196 Å². The number of aliphatic hydroxyl groups is 1. The van der Waals surface area contributed by atoms with Crippen LogP contribution >= 0.6 is 11.8 Å². The molecular weight excluding hydrogens is 442 g/mol. The molecular formula is C24H35N3O3S2. The standard InChI is InChI=1S/C24H35N3O3S2/c1-31-19-21-12-11-20(18-24(21)32(25,29)30)23(28)10-6-3-7-13-26-14-16-27(17-15-26)22-8-4-2-5-9-22/h2,4-5,8-9,11-12,18,23,28H,3,6-7,10,13-17,19H2,1H3,(H2,25,29,30). The Morgan fingerprint density at radius 3 is 2.41 bits per heavy atom. The molecule has 0 bridgehead atoms. The Balaban J connectivity index is 1.39. The molecule has 0 aromatic heterocycles. The first-order chi connectivity index (χ1) is 15.4. The van der Waals surface area contributed by atoms with Gasteiger partial charge in [-0.05, 0) is 55.0 Å². The van der Waals surface area contributed by atoms with Crippen molar-refractivity contribution >= 4 is 27.5 Å². The van der Waals surface area contributed by atoms with Crippen LogP contribution in [0.25, 0.3) is 0 Å². The summed E-state index contributed by atoms with van der Waals surface area (Å²) in [5.74, 6) is 0.571. The number of aliphatic hydroxyl groups excluding tert-OH is 1. The molecule has 1 heterocycles. The molecule has 1 aliphatic rings. The number of sulfonamides is 1. The van der Waals surface area contributed by atoms with E-state index in [9.17, 15) is 13.5 Å². The maximum absolute atomic E-state index is 11.9. The normalized spacial score (nSPS) is 16.3. The summed E-state index contributed by atoms with van der Waals surface area (Å²) in [4.78, 5) is 5.07. The van der Waals surface area contributed by atoms with Crippen molar-refractivity contribution in [3.63, 3.8) is 0 Å². The quantitative estimate of drug-likeness (QED) is 0.481. The second kappa shape index (κ2) is 12.0. The average Bonchev–Trinajstić information content (AvgIpc) is 2.79. The van der Waals surface area contributed by atoms with E-state index in [2.05, 4.69) is 40.1 Å². The van der Waals surface area contributed by atoms with Gasteiger partial charge in [0.1, 0.15) is 0 Å². The van der Waals surface area contributed by atoms with Gasteiger partial charge in [-0.2, -0.15) is 11.8 Å². The van der Waals surface area contributed by atoms with Crippen LogP contribution in [0.4, 0.5) is 5.69 Å². The molecule has 0 aliphatic carbocycles. The van der Waals surface area contributed by atoms with Crippen molar-refractivity contribution in [3.05, 3.63) is 59.7 Å². The van der Waals surface area contributed by atoms with Gasteiger partial charge in [0.25, 0.3) is 0 Å². The highest BCUT2D eigenvalue weighted by Gasteiger charge is 2.18. The molecule has 6 nitrogen and oxygen atoms in total. The molecule has 1 saturated heterocycles. The molecule has 0 radical (unpaired) electrons. The van der Waals surface area contributed by atoms with Crippen LogP contribution in [-0.4, -0.2) is 57.4 Å². The highest BCUT2D eigenvalue weighted by Crippen LogP contribution is 2.26. The average molecular weight is 478 g/mol. The molecule has 2 aromatic rings. The first-order valence-corrected chi connectivity index (χ1v) is 14.2. The summed E-state index contributed by atoms with van der Waals surface area (Å²) in [5.41, 5.74) is 2.60. The van der Waals surface area contributed by atoms with Gasteiger partial charge in [-0.3, -0.25) is 4.90 Å². The maximum atomic E-state index is 11.9. The number of para-hydroxylation sites is 1. The molecule has 3 N–H and O–H groups in total. The molecule has 1 atom stereocenters. The predicted molar refractivity (Wildman–Crippen MR) is 134 cm³/mol. The van der Waals surface area contributed by atoms with E-state index in [0.29, 0.717) is 23.3 Å². The number of nitrogens with zero attached hydrogens (tertiary/aromatic N) is 2. The molecule has 8 heteroatoms. The number of hydrogen-bond donors (Lipinski definition) is 2. The number of nitrogens with two attached hydrogens (primary N) is 1. The summed E-state index contributed by atoms with van der Waals surface area (Å²) in [7, 11) is -3.81. The van der Waals surface area contributed by atoms with Crippen LogP contribution in [0.5, 0.6) is 0 Å². The van der Waals surface area contributed by atoms with Crippen LogP contribution in [0.3, 0.4) is 0 Å². The molecule has 0 amide bonds. The Morgan fingerprint density at radius 1 is 1.03 bits per heavy atom. The number of anilines is 1. The third-order valence-electron chi connectivity index (χ3n) is 6.03. The molecule has 0 saturated carbocycles. The first kappa shape index (κ1) is 25.1. The minimum absolute atomic E-state index is 0.123. The van der Waals surface area contributed by atoms with Crippen LogP contribution in [0.15, 0.2) is 53.4 Å². The molecule has 2 aromatic carbocycles. The zero-order chi connectivity index (χ0) is 23.0. The number of rotatable bonds is 11. The van der Waals surface area contributed by atoms with Gasteiger partial charge >= 0.3 is 0 Å². The van der Waals surface area contributed by atoms with E-state index >= 15 is 0 Å². The Bertz CT molecular complexity index is 946. The Morgan fingerprint density at radius 2 is 1.75 bits per heavy atom. The van der Waals surface area contributed by atoms with Gasteiger partial charge in [-0.25, -0.2) is 13.6 Å². The maximum Gasteiger partial charge on any atom is 0.238 e. The van der Waals surface area contributed by atoms with Crippen molar-refractivity contribution in [2.75, 3.05) is 43.9 Å². The predicted octanol–water partition coefficient (Wildman–Crippen LogP) is 3.61. The van der Waals surface area contributed by atoms with E-state index in [1.165, 1.54) is 11.8 Å². The molecule has 0 spiro atoms. The van der Waals surface area contributed by atoms with Gasteiger partial charge < -0.3 is 10.0 Å². The second-order valence-electron chi connectivity index (χ2n) is 8.37. The third kappa shape index (κ3) is 7.22. The molecule has 1 fully saturated rings. The lowest BCUT2D eigenvalue weighted by atomic mass is 10.0. The van der Waals surface area contributed by atoms with Gasteiger partial charge in [0.15, 0.2) is 0 Å². The van der Waals surface area contributed by atoms with Crippen LogP contribution in [0.2, 0.25) is 0 Å². The number of primary sulfonamides is 1. The lowest BCUT2D eigenvalue weighted by Gasteiger charge is -2.36. The highest BCUT2D eigenvalue weighted by atomic mass is 32.2. The summed E-state index contributed by atoms with van der Waals surface area (Å²) < 4.78 is 23.9. The van der Waals surface area contributed by atoms with E-state index in [0.717, 1.165) is 52.0 Å². The van der Waals surface area contributed by atoms with E-state index in [4.69, 9.17) is 5.14 Å². The minimum Gasteiger partial charge on any atom is -0.388 e. The third-order valence-corrected chi connectivity index (χ3v) is 7.62. The van der Waals surface area contributed by atoms with Gasteiger partial charge in [-0.15, -0.1) is 0 Å². The number of piperazine rings is 1. The Kier molecular flexibility index (Phi) is 9.43. The van der Waals surface area contributed by atoms with Crippen molar-refractivity contribution in [2.24, 2.45) is 5.14 Å². The van der Waals surface area contributed by atoms with Crippen LogP contribution in [0, 0.1) is 0 Å². The van der Waals surface area contributed by atoms with E-state index in [1.54, 1.807) is 17.8 Å². The van der Waals surface area contributed by atoms with Crippen LogP contribution < -0.4 is 10.0 Å². The van der Waals surface area contributed by atoms with Gasteiger partial charge in [0, 0.05) is 37.6 Å². The fourth-order valence-electron chi connectivity index (χ4n) is 4.20. The molecule has 176 valence electrons. The summed E-state index contributed by atoms with van der Waals surface area (Å²) in [6.45, 7) is 5.35. The molecule has 3 rings (SSSR count). The highest BCUT2D eigenvalue weighted by molar-refractivity contribution is 7.97. The molecule has 1 aliphatic heterocycles. The fourth-order valence-corrected chi connectivity index (χ4v) is 5.66.